The van der Waals surface area contributed by atoms with E-state index in [0.717, 1.165) is 12.3 Å². The monoisotopic (exact) mass is 601 g/mol. The lowest BCUT2D eigenvalue weighted by molar-refractivity contribution is -0.199. The zero-order valence-corrected chi connectivity index (χ0v) is 23.7. The minimum Gasteiger partial charge on any atom is -0.462 e. The number of amides is 1. The first-order valence-electron chi connectivity index (χ1n) is 12.4. The zero-order valence-electron chi connectivity index (χ0n) is 22.8. The molecule has 40 heavy (non-hydrogen) atoms. The van der Waals surface area contributed by atoms with Crippen LogP contribution in [0, 0.1) is 0 Å². The number of alkyl halides is 3. The van der Waals surface area contributed by atoms with Crippen molar-refractivity contribution in [3.63, 3.8) is 0 Å². The van der Waals surface area contributed by atoms with Gasteiger partial charge in [0, 0.05) is 6.20 Å². The third-order valence-corrected chi connectivity index (χ3v) is 7.65. The molecule has 228 valence electrons. The van der Waals surface area contributed by atoms with Gasteiger partial charge in [0.25, 0.3) is 6.43 Å². The molecular weight excluding hydrogens is 566 g/mol. The summed E-state index contributed by atoms with van der Waals surface area (Å²) in [4.78, 5) is 48.9. The lowest BCUT2D eigenvalue weighted by Gasteiger charge is -2.34. The molecule has 0 spiro atoms. The van der Waals surface area contributed by atoms with E-state index in [-0.39, 0.29) is 0 Å². The second-order valence-electron chi connectivity index (χ2n) is 9.91. The Hall–Kier alpha value is -2.36. The molecule has 0 unspecified atom stereocenters. The molecule has 17 heteroatoms. The first-order valence-corrected chi connectivity index (χ1v) is 14.1. The number of carbonyl (C=O) groups excluding carboxylic acids is 4. The van der Waals surface area contributed by atoms with Crippen molar-refractivity contribution in [1.29, 1.82) is 0 Å². The lowest BCUT2D eigenvalue weighted by atomic mass is 9.97. The number of nitrogens with one attached hydrogen (secondary N) is 2. The molecule has 0 aromatic heterocycles. The van der Waals surface area contributed by atoms with Crippen molar-refractivity contribution in [2.45, 2.75) is 103 Å². The highest BCUT2D eigenvalue weighted by atomic mass is 31.2. The molecule has 0 saturated carbocycles. The van der Waals surface area contributed by atoms with Crippen LogP contribution < -0.4 is 10.2 Å². The van der Waals surface area contributed by atoms with Gasteiger partial charge in [0.05, 0.1) is 25.2 Å². The van der Waals surface area contributed by atoms with Crippen molar-refractivity contribution in [2.75, 3.05) is 6.61 Å². The first kappa shape index (κ1) is 33.8. The maximum absolute atomic E-state index is 15.1. The van der Waals surface area contributed by atoms with E-state index in [4.69, 9.17) is 18.7 Å². The summed E-state index contributed by atoms with van der Waals surface area (Å²) in [5.41, 5.74) is -3.15. The highest BCUT2D eigenvalue weighted by Gasteiger charge is 2.63. The molecule has 0 aliphatic carbocycles. The Morgan fingerprint density at radius 1 is 1.10 bits per heavy atom. The number of ketones is 1. The quantitative estimate of drug-likeness (QED) is 0.158. The largest absolute Gasteiger partial charge is 0.462 e. The minimum absolute atomic E-state index is 0.559. The van der Waals surface area contributed by atoms with Gasteiger partial charge in [-0.15, -0.1) is 0 Å². The molecule has 3 N–H and O–H groups in total. The number of hydrogen-bond acceptors (Lipinski definition) is 10. The third-order valence-electron chi connectivity index (χ3n) is 5.70. The normalized spacial score (nSPS) is 27.0. The number of carbonyl (C=O) groups is 4. The summed E-state index contributed by atoms with van der Waals surface area (Å²) < 4.78 is 78.1. The van der Waals surface area contributed by atoms with Crippen molar-refractivity contribution < 1.29 is 60.8 Å². The van der Waals surface area contributed by atoms with E-state index in [1.54, 1.807) is 27.7 Å². The fourth-order valence-electron chi connectivity index (χ4n) is 3.72. The van der Waals surface area contributed by atoms with Crippen molar-refractivity contribution in [3.05, 3.63) is 12.3 Å². The Labute approximate surface area is 229 Å². The first-order chi connectivity index (χ1) is 18.4. The number of nitrogens with zero attached hydrogens (tertiary/aromatic N) is 1. The van der Waals surface area contributed by atoms with Gasteiger partial charge < -0.3 is 23.8 Å². The maximum Gasteiger partial charge on any atom is 0.342 e. The Morgan fingerprint density at radius 3 is 2.02 bits per heavy atom. The molecule has 1 amide bonds. The van der Waals surface area contributed by atoms with E-state index >= 15 is 4.39 Å². The summed E-state index contributed by atoms with van der Waals surface area (Å²) in [6, 6.07) is -2.72. The van der Waals surface area contributed by atoms with Crippen LogP contribution in [0.2, 0.25) is 0 Å². The molecule has 1 saturated heterocycles. The van der Waals surface area contributed by atoms with Crippen LogP contribution in [0.4, 0.5) is 13.2 Å². The number of esters is 2. The Kier molecular flexibility index (Phi) is 11.5. The van der Waals surface area contributed by atoms with Crippen LogP contribution in [0.5, 0.6) is 0 Å². The summed E-state index contributed by atoms with van der Waals surface area (Å²) in [5, 5.41) is 15.0. The fourth-order valence-corrected chi connectivity index (χ4v) is 5.56. The van der Waals surface area contributed by atoms with Gasteiger partial charge in [-0.1, -0.05) is 0 Å². The molecule has 13 nitrogen and oxygen atoms in total. The van der Waals surface area contributed by atoms with E-state index < -0.39 is 99.1 Å². The number of halogens is 3. The summed E-state index contributed by atoms with van der Waals surface area (Å²) in [5.74, 6) is -3.35. The summed E-state index contributed by atoms with van der Waals surface area (Å²) in [7, 11) is -4.67. The van der Waals surface area contributed by atoms with E-state index in [1.165, 1.54) is 13.8 Å². The number of ether oxygens (including phenoxy) is 3. The van der Waals surface area contributed by atoms with Crippen LogP contribution in [0.1, 0.15) is 48.0 Å². The Balaban J connectivity index is 2.35. The van der Waals surface area contributed by atoms with E-state index in [0.29, 0.717) is 4.90 Å². The number of aliphatic hydroxyl groups excluding tert-OH is 1. The van der Waals surface area contributed by atoms with Crippen molar-refractivity contribution in [1.82, 2.24) is 15.1 Å². The molecule has 2 rings (SSSR count). The van der Waals surface area contributed by atoms with E-state index in [2.05, 4.69) is 10.2 Å². The smallest absolute Gasteiger partial charge is 0.342 e. The van der Waals surface area contributed by atoms with Gasteiger partial charge in [-0.3, -0.25) is 28.6 Å². The van der Waals surface area contributed by atoms with Gasteiger partial charge in [0.1, 0.15) is 18.2 Å². The maximum atomic E-state index is 15.1. The van der Waals surface area contributed by atoms with E-state index in [9.17, 15) is 37.6 Å². The number of allylic oxidation sites excluding steroid dienone is 1. The van der Waals surface area contributed by atoms with Gasteiger partial charge in [-0.25, -0.2) is 23.3 Å². The predicted molar refractivity (Wildman–Crippen MR) is 131 cm³/mol. The van der Waals surface area contributed by atoms with Crippen molar-refractivity contribution >= 4 is 31.3 Å². The predicted octanol–water partition coefficient (Wildman–Crippen LogP) is 1.34. The summed E-state index contributed by atoms with van der Waals surface area (Å²) >= 11 is 0. The van der Waals surface area contributed by atoms with Crippen LogP contribution in [0.25, 0.3) is 0 Å². The minimum atomic E-state index is -4.67. The van der Waals surface area contributed by atoms with Gasteiger partial charge in [0.15, 0.2) is 23.8 Å². The number of rotatable bonds is 13. The van der Waals surface area contributed by atoms with Crippen molar-refractivity contribution in [2.24, 2.45) is 0 Å². The van der Waals surface area contributed by atoms with Gasteiger partial charge >= 0.3 is 19.6 Å². The Morgan fingerprint density at radius 2 is 1.60 bits per heavy atom. The standard InChI is InChI=1S/C23H35F3N3O10P/c1-11(2)37-20(33)13(5)27-40(35,28-14(6)21(34)38-12(3)4)36-10-23(22(25)26)18(32)17(24)19(39-23)29-8-7-15(30)9-16(29)31/h7-8,11-14,17-19,22,32H,9-10H2,1-6H3,(H2,27,28,35)/t13-,14-,17-,18-,19+,23+/m0/s1. The molecule has 1 fully saturated rings. The summed E-state index contributed by atoms with van der Waals surface area (Å²) in [6.07, 6.45) is -10.9. The van der Waals surface area contributed by atoms with Gasteiger partial charge in [-0.05, 0) is 47.6 Å². The average molecular weight is 602 g/mol. The highest BCUT2D eigenvalue weighted by Crippen LogP contribution is 2.46. The van der Waals surface area contributed by atoms with Gasteiger partial charge in [0.2, 0.25) is 5.91 Å². The van der Waals surface area contributed by atoms with Crippen LogP contribution in [0.15, 0.2) is 12.3 Å². The second-order valence-corrected chi connectivity index (χ2v) is 11.8. The zero-order chi connectivity index (χ0) is 30.6. The van der Waals surface area contributed by atoms with Crippen LogP contribution >= 0.6 is 7.67 Å². The molecule has 0 bridgehead atoms. The van der Waals surface area contributed by atoms with Crippen LogP contribution in [-0.4, -0.2) is 95.1 Å². The van der Waals surface area contributed by atoms with Gasteiger partial charge in [-0.2, -0.15) is 0 Å². The molecule has 0 aromatic rings. The van der Waals surface area contributed by atoms with Crippen LogP contribution in [-0.2, 0) is 42.5 Å². The molecule has 2 heterocycles. The van der Waals surface area contributed by atoms with Crippen LogP contribution in [0.3, 0.4) is 0 Å². The molecular formula is C23H35F3N3O10P. The van der Waals surface area contributed by atoms with E-state index in [1.807, 2.05) is 0 Å². The molecule has 6 atom stereocenters. The highest BCUT2D eigenvalue weighted by molar-refractivity contribution is 7.54. The fraction of sp³-hybridized carbons (Fsp3) is 0.739. The number of hydrogen-bond donors (Lipinski definition) is 3. The number of aliphatic hydroxyl groups is 1. The third kappa shape index (κ3) is 8.10. The molecule has 2 aliphatic heterocycles. The SMILES string of the molecule is CC(C)OC(=O)[C@H](C)NP(=O)(N[C@@H](C)C(=O)OC(C)C)OC[C@@]1(C(F)F)O[C@@H](N2C=CC(=O)CC2=O)[C@@H](F)[C@@H]1O. The lowest BCUT2D eigenvalue weighted by Crippen LogP contribution is -2.53. The summed E-state index contributed by atoms with van der Waals surface area (Å²) in [6.45, 7) is 7.24. The Bertz CT molecular complexity index is 1010. The molecule has 0 radical (unpaired) electrons. The average Bonchev–Trinajstić information content (AvgIpc) is 3.08. The molecule has 2 aliphatic rings. The second kappa shape index (κ2) is 13.5. The van der Waals surface area contributed by atoms with Crippen molar-refractivity contribution in [3.8, 4) is 0 Å². The topological polar surface area (TPSA) is 170 Å². The molecule has 0 aromatic carbocycles.